The van der Waals surface area contributed by atoms with Crippen molar-refractivity contribution in [3.8, 4) is 5.82 Å². The van der Waals surface area contributed by atoms with Gasteiger partial charge >= 0.3 is 5.97 Å². The molecule has 0 unspecified atom stereocenters. The molecular formula is C7H7N5O2. The Morgan fingerprint density at radius 1 is 1.43 bits per heavy atom. The number of aromatic carboxylic acids is 1. The van der Waals surface area contributed by atoms with E-state index >= 15 is 0 Å². The van der Waals surface area contributed by atoms with Gasteiger partial charge in [0.1, 0.15) is 5.56 Å². The molecule has 0 saturated heterocycles. The van der Waals surface area contributed by atoms with Gasteiger partial charge < -0.3 is 5.11 Å². The summed E-state index contributed by atoms with van der Waals surface area (Å²) >= 11 is 0. The first-order chi connectivity index (χ1) is 6.68. The summed E-state index contributed by atoms with van der Waals surface area (Å²) in [5.74, 6) is -0.838. The van der Waals surface area contributed by atoms with Gasteiger partial charge in [0.25, 0.3) is 0 Å². The van der Waals surface area contributed by atoms with Crippen molar-refractivity contribution in [2.24, 2.45) is 7.05 Å². The van der Waals surface area contributed by atoms with Gasteiger partial charge in [0, 0.05) is 13.2 Å². The average Bonchev–Trinajstić information content (AvgIpc) is 2.70. The zero-order chi connectivity index (χ0) is 10.1. The maximum Gasteiger partial charge on any atom is 0.341 e. The zero-order valence-corrected chi connectivity index (χ0v) is 7.32. The van der Waals surface area contributed by atoms with Crippen molar-refractivity contribution in [2.45, 2.75) is 0 Å². The van der Waals surface area contributed by atoms with Crippen LogP contribution in [0.4, 0.5) is 0 Å². The van der Waals surface area contributed by atoms with Crippen LogP contribution in [-0.2, 0) is 7.05 Å². The Kier molecular flexibility index (Phi) is 1.77. The number of aromatic nitrogens is 5. The van der Waals surface area contributed by atoms with Crippen LogP contribution >= 0.6 is 0 Å². The first-order valence-electron chi connectivity index (χ1n) is 3.82. The Bertz CT molecular complexity index is 458. The van der Waals surface area contributed by atoms with Crippen molar-refractivity contribution < 1.29 is 9.90 Å². The van der Waals surface area contributed by atoms with Crippen LogP contribution in [0.2, 0.25) is 0 Å². The molecule has 2 aromatic rings. The van der Waals surface area contributed by atoms with Crippen LogP contribution in [0, 0.1) is 0 Å². The molecule has 0 amide bonds. The van der Waals surface area contributed by atoms with Crippen molar-refractivity contribution in [2.75, 3.05) is 0 Å². The van der Waals surface area contributed by atoms with Crippen LogP contribution in [0.3, 0.4) is 0 Å². The Hall–Kier alpha value is -2.18. The third kappa shape index (κ3) is 1.24. The summed E-state index contributed by atoms with van der Waals surface area (Å²) in [5.41, 5.74) is 0.0729. The summed E-state index contributed by atoms with van der Waals surface area (Å²) in [6.07, 6.45) is 4.32. The first-order valence-corrected chi connectivity index (χ1v) is 3.82. The number of carboxylic acids is 1. The fraction of sp³-hybridized carbons (Fsp3) is 0.143. The second kappa shape index (κ2) is 2.95. The molecule has 1 N–H and O–H groups in total. The van der Waals surface area contributed by atoms with Crippen molar-refractivity contribution in [1.29, 1.82) is 0 Å². The van der Waals surface area contributed by atoms with Gasteiger partial charge in [-0.3, -0.25) is 4.68 Å². The van der Waals surface area contributed by atoms with Gasteiger partial charge in [0.05, 0.1) is 12.4 Å². The molecule has 7 heteroatoms. The van der Waals surface area contributed by atoms with Gasteiger partial charge in [-0.25, -0.2) is 4.79 Å². The molecule has 2 heterocycles. The molecule has 0 radical (unpaired) electrons. The average molecular weight is 193 g/mol. The lowest BCUT2D eigenvalue weighted by Gasteiger charge is -1.94. The highest BCUT2D eigenvalue weighted by molar-refractivity contribution is 5.90. The standard InChI is InChI=1S/C7H7N5O2/c1-11-4-5(7(13)14)6(10-11)12-8-2-3-9-12/h2-4H,1H3,(H,13,14). The number of rotatable bonds is 2. The molecular weight excluding hydrogens is 186 g/mol. The first kappa shape index (κ1) is 8.42. The third-order valence-electron chi connectivity index (χ3n) is 1.65. The lowest BCUT2D eigenvalue weighted by Crippen LogP contribution is -2.06. The van der Waals surface area contributed by atoms with E-state index in [1.807, 2.05) is 0 Å². The molecule has 0 bridgehead atoms. The molecule has 72 valence electrons. The van der Waals surface area contributed by atoms with Crippen molar-refractivity contribution >= 4 is 5.97 Å². The van der Waals surface area contributed by atoms with E-state index in [4.69, 9.17) is 5.11 Å². The van der Waals surface area contributed by atoms with E-state index in [0.717, 1.165) is 0 Å². The highest BCUT2D eigenvalue weighted by atomic mass is 16.4. The number of hydrogen-bond acceptors (Lipinski definition) is 4. The maximum absolute atomic E-state index is 10.8. The second-order valence-electron chi connectivity index (χ2n) is 2.66. The largest absolute Gasteiger partial charge is 0.477 e. The van der Waals surface area contributed by atoms with Crippen LogP contribution < -0.4 is 0 Å². The summed E-state index contributed by atoms with van der Waals surface area (Å²) in [7, 11) is 1.64. The summed E-state index contributed by atoms with van der Waals surface area (Å²) < 4.78 is 1.40. The van der Waals surface area contributed by atoms with E-state index in [1.54, 1.807) is 7.05 Å². The Morgan fingerprint density at radius 2 is 2.07 bits per heavy atom. The van der Waals surface area contributed by atoms with E-state index in [-0.39, 0.29) is 11.4 Å². The smallest absolute Gasteiger partial charge is 0.341 e. The number of carbonyl (C=O) groups is 1. The Labute approximate surface area is 78.6 Å². The van der Waals surface area contributed by atoms with E-state index in [0.29, 0.717) is 0 Å². The zero-order valence-electron chi connectivity index (χ0n) is 7.32. The molecule has 0 aliphatic heterocycles. The predicted octanol–water partition coefficient (Wildman–Crippen LogP) is -0.301. The molecule has 2 aromatic heterocycles. The van der Waals surface area contributed by atoms with Gasteiger partial charge in [0.15, 0.2) is 0 Å². The summed E-state index contributed by atoms with van der Waals surface area (Å²) in [6, 6.07) is 0. The van der Waals surface area contributed by atoms with E-state index in [2.05, 4.69) is 15.3 Å². The molecule has 0 aliphatic carbocycles. The predicted molar refractivity (Wildman–Crippen MR) is 45.1 cm³/mol. The third-order valence-corrected chi connectivity index (χ3v) is 1.65. The molecule has 0 aliphatic rings. The van der Waals surface area contributed by atoms with E-state index in [1.165, 1.54) is 28.1 Å². The number of hydrogen-bond donors (Lipinski definition) is 1. The van der Waals surface area contributed by atoms with Crippen LogP contribution in [-0.4, -0.2) is 35.9 Å². The number of carboxylic acid groups (broad SMARTS) is 1. The summed E-state index contributed by atoms with van der Waals surface area (Å²) in [4.78, 5) is 12.0. The lowest BCUT2D eigenvalue weighted by molar-refractivity contribution is 0.0696. The van der Waals surface area contributed by atoms with Gasteiger partial charge in [-0.05, 0) is 0 Å². The number of nitrogens with zero attached hydrogens (tertiary/aromatic N) is 5. The molecule has 0 saturated carbocycles. The maximum atomic E-state index is 10.8. The van der Waals surface area contributed by atoms with Crippen molar-refractivity contribution in [1.82, 2.24) is 24.8 Å². The minimum atomic E-state index is -1.05. The Balaban J connectivity index is 2.58. The molecule has 0 aromatic carbocycles. The molecule has 7 nitrogen and oxygen atoms in total. The molecule has 0 fully saturated rings. The summed E-state index contributed by atoms with van der Waals surface area (Å²) in [5, 5.41) is 20.4. The number of aryl methyl sites for hydroxylation is 1. The minimum Gasteiger partial charge on any atom is -0.477 e. The Morgan fingerprint density at radius 3 is 2.64 bits per heavy atom. The fourth-order valence-corrected chi connectivity index (χ4v) is 1.10. The molecule has 14 heavy (non-hydrogen) atoms. The van der Waals surface area contributed by atoms with Gasteiger partial charge in [-0.1, -0.05) is 0 Å². The SMILES string of the molecule is Cn1cc(C(=O)O)c(-n2nccn2)n1. The van der Waals surface area contributed by atoms with Gasteiger partial charge in [0.2, 0.25) is 5.82 Å². The van der Waals surface area contributed by atoms with E-state index < -0.39 is 5.97 Å². The van der Waals surface area contributed by atoms with E-state index in [9.17, 15) is 4.79 Å². The van der Waals surface area contributed by atoms with Crippen LogP contribution in [0.15, 0.2) is 18.6 Å². The minimum absolute atomic E-state index is 0.0729. The van der Waals surface area contributed by atoms with Crippen molar-refractivity contribution in [3.05, 3.63) is 24.2 Å². The normalized spacial score (nSPS) is 10.4. The highest BCUT2D eigenvalue weighted by Crippen LogP contribution is 2.09. The quantitative estimate of drug-likeness (QED) is 0.707. The van der Waals surface area contributed by atoms with Crippen LogP contribution in [0.5, 0.6) is 0 Å². The molecule has 0 spiro atoms. The van der Waals surface area contributed by atoms with Gasteiger partial charge in [-0.2, -0.15) is 15.3 Å². The lowest BCUT2D eigenvalue weighted by atomic mass is 10.3. The molecule has 2 rings (SSSR count). The van der Waals surface area contributed by atoms with Crippen molar-refractivity contribution in [3.63, 3.8) is 0 Å². The summed E-state index contributed by atoms with van der Waals surface area (Å²) in [6.45, 7) is 0. The second-order valence-corrected chi connectivity index (χ2v) is 2.66. The monoisotopic (exact) mass is 193 g/mol. The topological polar surface area (TPSA) is 85.8 Å². The van der Waals surface area contributed by atoms with Gasteiger partial charge in [-0.15, -0.1) is 4.80 Å². The fourth-order valence-electron chi connectivity index (χ4n) is 1.10. The van der Waals surface area contributed by atoms with Crippen LogP contribution in [0.1, 0.15) is 10.4 Å². The van der Waals surface area contributed by atoms with Crippen LogP contribution in [0.25, 0.3) is 5.82 Å². The molecule has 0 atom stereocenters. The highest BCUT2D eigenvalue weighted by Gasteiger charge is 2.16.